The minimum Gasteiger partial charge on any atom is -0.389 e. The molecule has 0 spiro atoms. The first-order valence-corrected chi connectivity index (χ1v) is 17.3. The highest BCUT2D eigenvalue weighted by Gasteiger charge is 2.30. The second kappa shape index (κ2) is 14.8. The van der Waals surface area contributed by atoms with Crippen LogP contribution in [-0.2, 0) is 16.0 Å². The predicted octanol–water partition coefficient (Wildman–Crippen LogP) is 3.08. The van der Waals surface area contributed by atoms with Gasteiger partial charge in [-0.15, -0.1) is 20.4 Å². The molecular formula is C31H38N10O4S2. The van der Waals surface area contributed by atoms with Gasteiger partial charge in [-0.2, -0.15) is 0 Å². The van der Waals surface area contributed by atoms with Crippen LogP contribution >= 0.6 is 22.7 Å². The Kier molecular flexibility index (Phi) is 10.3. The number of nitrogens with one attached hydrogen (secondary N) is 2. The molecule has 3 aromatic rings. The van der Waals surface area contributed by atoms with Crippen LogP contribution in [0.1, 0.15) is 66.6 Å². The molecule has 3 aromatic heterocycles. The monoisotopic (exact) mass is 678 g/mol. The van der Waals surface area contributed by atoms with Crippen LogP contribution in [0.3, 0.4) is 0 Å². The van der Waals surface area contributed by atoms with Gasteiger partial charge in [0.05, 0.1) is 36.4 Å². The summed E-state index contributed by atoms with van der Waals surface area (Å²) in [4.78, 5) is 38.2. The summed E-state index contributed by atoms with van der Waals surface area (Å²) >= 11 is 2.78. The van der Waals surface area contributed by atoms with Crippen molar-refractivity contribution in [1.82, 2.24) is 30.3 Å². The zero-order valence-electron chi connectivity index (χ0n) is 26.1. The molecule has 0 unspecified atom stereocenters. The Labute approximate surface area is 280 Å². The van der Waals surface area contributed by atoms with Crippen molar-refractivity contribution in [2.75, 3.05) is 41.7 Å². The van der Waals surface area contributed by atoms with E-state index in [0.29, 0.717) is 53.5 Å². The topological polar surface area (TPSA) is 182 Å². The van der Waals surface area contributed by atoms with Gasteiger partial charge in [0.1, 0.15) is 10.0 Å². The molecule has 6 rings (SSSR count). The SMILES string of the molecule is C=C(/C=C(CC(=O)Nc1nnc([C@H]2CCC[C@H](c3nnc(NC(=O)Cc4cc(N5CC(O)C5)ccn4)s3)C2)s1)\N=C/C)N1CC(O)C1. The molecule has 16 heteroatoms. The quantitative estimate of drug-likeness (QED) is 0.163. The molecule has 2 amide bonds. The molecule has 1 saturated carbocycles. The van der Waals surface area contributed by atoms with Crippen molar-refractivity contribution in [2.24, 2.45) is 4.99 Å². The van der Waals surface area contributed by atoms with Crippen molar-refractivity contribution < 1.29 is 19.8 Å². The van der Waals surface area contributed by atoms with Crippen molar-refractivity contribution in [3.05, 3.63) is 58.1 Å². The fourth-order valence-corrected chi connectivity index (χ4v) is 7.71. The van der Waals surface area contributed by atoms with Crippen LogP contribution in [0.4, 0.5) is 16.0 Å². The van der Waals surface area contributed by atoms with Gasteiger partial charge in [0, 0.05) is 61.8 Å². The number of hydrogen-bond acceptors (Lipinski definition) is 14. The highest BCUT2D eigenvalue weighted by Crippen LogP contribution is 2.43. The third-order valence-electron chi connectivity index (χ3n) is 8.35. The molecule has 2 atom stereocenters. The zero-order valence-corrected chi connectivity index (χ0v) is 27.7. The number of hydrogen-bond donors (Lipinski definition) is 4. The molecule has 14 nitrogen and oxygen atoms in total. The number of anilines is 3. The summed E-state index contributed by atoms with van der Waals surface area (Å²) in [6.07, 6.45) is 8.36. The fraction of sp³-hybridized carbons (Fsp3) is 0.484. The van der Waals surface area contributed by atoms with Gasteiger partial charge in [-0.25, -0.2) is 0 Å². The van der Waals surface area contributed by atoms with Crippen molar-refractivity contribution in [3.63, 3.8) is 0 Å². The van der Waals surface area contributed by atoms with E-state index in [1.165, 1.54) is 22.7 Å². The molecule has 3 fully saturated rings. The Hall–Kier alpha value is -4.12. The molecule has 5 heterocycles. The summed E-state index contributed by atoms with van der Waals surface area (Å²) in [7, 11) is 0. The fourth-order valence-electron chi connectivity index (χ4n) is 5.89. The van der Waals surface area contributed by atoms with Crippen LogP contribution in [0.25, 0.3) is 0 Å². The number of aliphatic hydroxyl groups excluding tert-OH is 2. The van der Waals surface area contributed by atoms with Gasteiger partial charge >= 0.3 is 0 Å². The normalized spacial score (nSPS) is 20.6. The largest absolute Gasteiger partial charge is 0.389 e. The second-order valence-electron chi connectivity index (χ2n) is 12.0. The molecule has 1 aliphatic carbocycles. The molecule has 4 N–H and O–H groups in total. The summed E-state index contributed by atoms with van der Waals surface area (Å²) in [5, 5.41) is 44.8. The Morgan fingerprint density at radius 2 is 1.64 bits per heavy atom. The molecule has 2 aliphatic heterocycles. The average molecular weight is 679 g/mol. The van der Waals surface area contributed by atoms with E-state index in [0.717, 1.165) is 41.4 Å². The van der Waals surface area contributed by atoms with E-state index in [2.05, 4.69) is 47.6 Å². The Balaban J connectivity index is 0.997. The van der Waals surface area contributed by atoms with Crippen molar-refractivity contribution >= 4 is 56.7 Å². The molecular weight excluding hydrogens is 641 g/mol. The van der Waals surface area contributed by atoms with Crippen LogP contribution in [0.15, 0.2) is 47.4 Å². The number of pyridine rings is 1. The zero-order chi connectivity index (χ0) is 32.9. The van der Waals surface area contributed by atoms with Crippen LogP contribution in [0, 0.1) is 0 Å². The number of aromatic nitrogens is 5. The standard InChI is InChI=1S/C31H38N10O4S2/c1-3-32-21(9-18(2)40-14-24(42)15-40)12-26(44)34-30-38-36-28(46-30)19-5-4-6-20(10-19)29-37-39-31(47-29)35-27(45)13-22-11-23(7-8-33-22)41-16-25(43)17-41/h3,7-9,11,19-20,24-25,42-43H,2,4-6,10,12-17H2,1H3,(H,34,38,44)(H,35,39,45)/b21-9-,32-3-/t19-,20-/m0/s1. The number of allylic oxidation sites excluding steroid dienone is 1. The van der Waals surface area contributed by atoms with Gasteiger partial charge in [0.15, 0.2) is 0 Å². The van der Waals surface area contributed by atoms with Gasteiger partial charge in [0.2, 0.25) is 22.1 Å². The molecule has 2 saturated heterocycles. The van der Waals surface area contributed by atoms with Crippen LogP contribution < -0.4 is 15.5 Å². The maximum absolute atomic E-state index is 12.8. The number of likely N-dealkylation sites (tertiary alicyclic amines) is 1. The lowest BCUT2D eigenvalue weighted by Gasteiger charge is -2.38. The molecule has 0 bridgehead atoms. The molecule has 47 heavy (non-hydrogen) atoms. The van der Waals surface area contributed by atoms with Gasteiger partial charge in [0.25, 0.3) is 0 Å². The number of β-amino-alcohol motifs (C(OH)–C–C–N with tert-alkyl or cyclic N) is 2. The number of nitrogens with zero attached hydrogens (tertiary/aromatic N) is 8. The molecule has 0 radical (unpaired) electrons. The third-order valence-corrected chi connectivity index (χ3v) is 10.4. The van der Waals surface area contributed by atoms with Crippen molar-refractivity contribution in [3.8, 4) is 0 Å². The van der Waals surface area contributed by atoms with E-state index in [1.54, 1.807) is 25.4 Å². The predicted molar refractivity (Wildman–Crippen MR) is 181 cm³/mol. The maximum atomic E-state index is 12.8. The summed E-state index contributed by atoms with van der Waals surface area (Å²) in [6.45, 7) is 8.03. The molecule has 3 aliphatic rings. The highest BCUT2D eigenvalue weighted by atomic mass is 32.1. The lowest BCUT2D eigenvalue weighted by molar-refractivity contribution is -0.116. The minimum atomic E-state index is -0.346. The van der Waals surface area contributed by atoms with E-state index < -0.39 is 0 Å². The van der Waals surface area contributed by atoms with E-state index in [9.17, 15) is 19.8 Å². The first-order valence-electron chi connectivity index (χ1n) is 15.7. The number of aliphatic hydroxyl groups is 2. The van der Waals surface area contributed by atoms with E-state index in [4.69, 9.17) is 0 Å². The van der Waals surface area contributed by atoms with Crippen molar-refractivity contribution in [1.29, 1.82) is 0 Å². The Bertz CT molecular complexity index is 1660. The minimum absolute atomic E-state index is 0.0581. The highest BCUT2D eigenvalue weighted by molar-refractivity contribution is 7.15. The lowest BCUT2D eigenvalue weighted by atomic mass is 9.82. The summed E-state index contributed by atoms with van der Waals surface area (Å²) in [5.41, 5.74) is 2.87. The third kappa shape index (κ3) is 8.43. The average Bonchev–Trinajstić information content (AvgIpc) is 3.68. The lowest BCUT2D eigenvalue weighted by Crippen LogP contribution is -2.50. The summed E-state index contributed by atoms with van der Waals surface area (Å²) in [5.74, 6) is -0.0919. The van der Waals surface area contributed by atoms with Crippen LogP contribution in [0.2, 0.25) is 0 Å². The van der Waals surface area contributed by atoms with E-state index in [-0.39, 0.29) is 48.7 Å². The number of amides is 2. The smallest absolute Gasteiger partial charge is 0.232 e. The first-order chi connectivity index (χ1) is 22.7. The molecule has 248 valence electrons. The Morgan fingerprint density at radius 3 is 2.26 bits per heavy atom. The maximum Gasteiger partial charge on any atom is 0.232 e. The van der Waals surface area contributed by atoms with Gasteiger partial charge in [-0.3, -0.25) is 19.6 Å². The summed E-state index contributed by atoms with van der Waals surface area (Å²) in [6, 6.07) is 3.75. The van der Waals surface area contributed by atoms with E-state index >= 15 is 0 Å². The van der Waals surface area contributed by atoms with E-state index in [1.807, 2.05) is 21.9 Å². The number of aliphatic imine (C=N–C) groups is 1. The number of carbonyl (C=O) groups is 2. The summed E-state index contributed by atoms with van der Waals surface area (Å²) < 4.78 is 0. The van der Waals surface area contributed by atoms with Crippen LogP contribution in [0.5, 0.6) is 0 Å². The number of carbonyl (C=O) groups excluding carboxylic acids is 2. The van der Waals surface area contributed by atoms with Gasteiger partial charge < -0.3 is 30.6 Å². The Morgan fingerprint density at radius 1 is 1.00 bits per heavy atom. The molecule has 0 aromatic carbocycles. The van der Waals surface area contributed by atoms with Crippen LogP contribution in [-0.4, -0.2) is 96.9 Å². The van der Waals surface area contributed by atoms with Gasteiger partial charge in [-0.1, -0.05) is 35.7 Å². The van der Waals surface area contributed by atoms with Crippen molar-refractivity contribution in [2.45, 2.75) is 69.5 Å². The van der Waals surface area contributed by atoms with Gasteiger partial charge in [-0.05, 0) is 44.4 Å². The first kappa shape index (κ1) is 32.8. The second-order valence-corrected chi connectivity index (χ2v) is 14.1. The number of rotatable bonds is 12.